The minimum absolute atomic E-state index is 0. The second kappa shape index (κ2) is 18.9. The van der Waals surface area contributed by atoms with Crippen molar-refractivity contribution in [2.45, 2.75) is 0 Å². The summed E-state index contributed by atoms with van der Waals surface area (Å²) in [4.78, 5) is 24.5. The van der Waals surface area contributed by atoms with Crippen molar-refractivity contribution in [3.8, 4) is 34.4 Å². The first kappa shape index (κ1) is 37.4. The zero-order valence-corrected chi connectivity index (χ0v) is 28.9. The van der Waals surface area contributed by atoms with Gasteiger partial charge in [-0.1, -0.05) is 36.4 Å². The van der Waals surface area contributed by atoms with Crippen LogP contribution in [0, 0.1) is 11.6 Å². The number of ether oxygens (including phenoxy) is 4. The summed E-state index contributed by atoms with van der Waals surface area (Å²) in [6, 6.07) is 31.1. The van der Waals surface area contributed by atoms with Crippen LogP contribution < -0.4 is 30.1 Å². The van der Waals surface area contributed by atoms with E-state index in [1.165, 1.54) is 71.7 Å². The molecule has 0 fully saturated rings. The summed E-state index contributed by atoms with van der Waals surface area (Å²) in [5.41, 5.74) is 0.197. The second-order valence-electron chi connectivity index (χ2n) is 9.95. The lowest BCUT2D eigenvalue weighted by Gasteiger charge is -2.11. The van der Waals surface area contributed by atoms with Gasteiger partial charge in [-0.3, -0.25) is 9.59 Å². The number of para-hydroxylation sites is 2. The molecule has 6 rings (SSSR count). The first-order valence-corrected chi connectivity index (χ1v) is 15.7. The number of hydrogen-bond acceptors (Lipinski definition) is 8. The Morgan fingerprint density at radius 2 is 1.00 bits per heavy atom. The Morgan fingerprint density at radius 1 is 0.560 bits per heavy atom. The van der Waals surface area contributed by atoms with Gasteiger partial charge in [0.25, 0.3) is 11.1 Å². The average Bonchev–Trinajstić information content (AvgIpc) is 3.13. The molecule has 0 aliphatic carbocycles. The standard InChI is InChI=1S/C18H14BrFN2O3.C18H15FN2O3.H2S/c19-17-16(25-11-10-24-15-4-2-1-3-5-15)12-21-22(18(17)23)14-8-6-13(20)7-9-14;19-14-6-8-15(9-7-14)21-18(22)12-17(13-20-21)24-11-10-23-16-4-2-1-3-5-16;/h1-9,12H,10-11H2;1-9,12-13H,10-11H2;1H2. The van der Waals surface area contributed by atoms with Gasteiger partial charge in [0.05, 0.1) is 23.8 Å². The molecule has 0 aliphatic rings. The molecule has 6 aromatic rings. The number of hydrogen-bond donors (Lipinski definition) is 0. The fraction of sp³-hybridized carbons (Fsp3) is 0.111. The van der Waals surface area contributed by atoms with Crippen LogP contribution >= 0.6 is 29.4 Å². The smallest absolute Gasteiger partial charge is 0.289 e. The Labute approximate surface area is 301 Å². The lowest BCUT2D eigenvalue weighted by Crippen LogP contribution is -2.22. The van der Waals surface area contributed by atoms with E-state index in [4.69, 9.17) is 18.9 Å². The van der Waals surface area contributed by atoms with Crippen LogP contribution in [0.15, 0.2) is 142 Å². The molecule has 10 nitrogen and oxygen atoms in total. The molecule has 0 saturated heterocycles. The van der Waals surface area contributed by atoms with Gasteiger partial charge in [-0.25, -0.2) is 8.78 Å². The van der Waals surface area contributed by atoms with E-state index in [0.29, 0.717) is 36.1 Å². The molecule has 0 bridgehead atoms. The predicted octanol–water partition coefficient (Wildman–Crippen LogP) is 6.53. The minimum Gasteiger partial charge on any atom is -0.490 e. The summed E-state index contributed by atoms with van der Waals surface area (Å²) in [7, 11) is 0. The van der Waals surface area contributed by atoms with Gasteiger partial charge in [-0.2, -0.15) is 33.1 Å². The first-order valence-electron chi connectivity index (χ1n) is 14.9. The molecule has 2 heterocycles. The third kappa shape index (κ3) is 10.8. The van der Waals surface area contributed by atoms with Gasteiger partial charge >= 0.3 is 0 Å². The van der Waals surface area contributed by atoms with E-state index >= 15 is 0 Å². The average molecular weight is 766 g/mol. The van der Waals surface area contributed by atoms with Crippen LogP contribution in [0.2, 0.25) is 0 Å². The maximum Gasteiger partial charge on any atom is 0.289 e. The molecule has 14 heteroatoms. The topological polar surface area (TPSA) is 107 Å². The molecule has 0 radical (unpaired) electrons. The van der Waals surface area contributed by atoms with Gasteiger partial charge in [0.2, 0.25) is 0 Å². The highest BCUT2D eigenvalue weighted by atomic mass is 79.9. The Balaban J connectivity index is 0.000000220. The van der Waals surface area contributed by atoms with Crippen molar-refractivity contribution in [1.82, 2.24) is 19.6 Å². The van der Waals surface area contributed by atoms with Crippen molar-refractivity contribution in [2.24, 2.45) is 0 Å². The fourth-order valence-corrected chi connectivity index (χ4v) is 4.58. The van der Waals surface area contributed by atoms with Crippen LogP contribution in [-0.2, 0) is 0 Å². The van der Waals surface area contributed by atoms with E-state index in [9.17, 15) is 18.4 Å². The van der Waals surface area contributed by atoms with E-state index in [0.717, 1.165) is 16.2 Å². The summed E-state index contributed by atoms with van der Waals surface area (Å²) < 4.78 is 50.5. The fourth-order valence-electron chi connectivity index (χ4n) is 4.19. The van der Waals surface area contributed by atoms with Gasteiger partial charge < -0.3 is 18.9 Å². The number of rotatable bonds is 12. The highest BCUT2D eigenvalue weighted by molar-refractivity contribution is 9.10. The molecule has 2 aromatic heterocycles. The number of halogens is 3. The van der Waals surface area contributed by atoms with Crippen LogP contribution in [-0.4, -0.2) is 46.0 Å². The van der Waals surface area contributed by atoms with E-state index in [2.05, 4.69) is 26.1 Å². The van der Waals surface area contributed by atoms with Crippen LogP contribution in [0.4, 0.5) is 8.78 Å². The summed E-state index contributed by atoms with van der Waals surface area (Å²) in [6.07, 6.45) is 2.87. The molecule has 0 aliphatic heterocycles. The van der Waals surface area contributed by atoms with Gasteiger partial charge in [0.15, 0.2) is 5.75 Å². The number of benzene rings is 4. The predicted molar refractivity (Wildman–Crippen MR) is 193 cm³/mol. The van der Waals surface area contributed by atoms with E-state index in [1.807, 2.05) is 60.7 Å². The first-order chi connectivity index (χ1) is 23.9. The largest absolute Gasteiger partial charge is 0.490 e. The summed E-state index contributed by atoms with van der Waals surface area (Å²) >= 11 is 3.23. The maximum atomic E-state index is 13.0. The van der Waals surface area contributed by atoms with Crippen LogP contribution in [0.5, 0.6) is 23.0 Å². The molecule has 0 N–H and O–H groups in total. The number of nitrogens with zero attached hydrogens (tertiary/aromatic N) is 4. The SMILES string of the molecule is O=c1c(Br)c(OCCOc2ccccc2)cnn1-c1ccc(F)cc1.O=c1cc(OCCOc2ccccc2)cnn1-c1ccc(F)cc1.S. The minimum atomic E-state index is -0.395. The van der Waals surface area contributed by atoms with Crippen molar-refractivity contribution in [1.29, 1.82) is 0 Å². The van der Waals surface area contributed by atoms with Crippen molar-refractivity contribution in [3.05, 3.63) is 164 Å². The van der Waals surface area contributed by atoms with Crippen LogP contribution in [0.3, 0.4) is 0 Å². The van der Waals surface area contributed by atoms with Gasteiger partial charge in [0, 0.05) is 6.07 Å². The van der Waals surface area contributed by atoms with Crippen molar-refractivity contribution >= 4 is 29.4 Å². The molecule has 258 valence electrons. The zero-order chi connectivity index (χ0) is 34.4. The monoisotopic (exact) mass is 764 g/mol. The molecule has 0 unspecified atom stereocenters. The van der Waals surface area contributed by atoms with Crippen molar-refractivity contribution in [3.63, 3.8) is 0 Å². The number of aromatic nitrogens is 4. The lowest BCUT2D eigenvalue weighted by atomic mass is 10.3. The van der Waals surface area contributed by atoms with Crippen molar-refractivity contribution in [2.75, 3.05) is 26.4 Å². The van der Waals surface area contributed by atoms with E-state index < -0.39 is 5.56 Å². The molecule has 0 saturated carbocycles. The Kier molecular flexibility index (Phi) is 14.1. The summed E-state index contributed by atoms with van der Waals surface area (Å²) in [5.74, 6) is 1.43. The van der Waals surface area contributed by atoms with E-state index in [1.54, 1.807) is 0 Å². The summed E-state index contributed by atoms with van der Waals surface area (Å²) in [5, 5.41) is 8.09. The lowest BCUT2D eigenvalue weighted by molar-refractivity contribution is 0.215. The molecule has 4 aromatic carbocycles. The molecule has 0 amide bonds. The third-order valence-electron chi connectivity index (χ3n) is 6.52. The Hall–Kier alpha value is -5.47. The maximum absolute atomic E-state index is 13.0. The highest BCUT2D eigenvalue weighted by Crippen LogP contribution is 2.20. The summed E-state index contributed by atoms with van der Waals surface area (Å²) in [6.45, 7) is 1.23. The third-order valence-corrected chi connectivity index (χ3v) is 7.25. The molecule has 0 atom stereocenters. The normalized spacial score (nSPS) is 10.2. The molecule has 50 heavy (non-hydrogen) atoms. The quantitative estimate of drug-likeness (QED) is 0.130. The molecular weight excluding hydrogens is 734 g/mol. The highest BCUT2D eigenvalue weighted by Gasteiger charge is 2.12. The van der Waals surface area contributed by atoms with Crippen LogP contribution in [0.1, 0.15) is 0 Å². The molecule has 0 spiro atoms. The van der Waals surface area contributed by atoms with E-state index in [-0.39, 0.29) is 48.4 Å². The second-order valence-corrected chi connectivity index (χ2v) is 10.7. The Morgan fingerprint density at radius 3 is 1.50 bits per heavy atom. The molecular formula is C36H31BrF2N4O6S. The van der Waals surface area contributed by atoms with Gasteiger partial charge in [-0.15, -0.1) is 0 Å². The zero-order valence-electron chi connectivity index (χ0n) is 26.3. The Bertz CT molecular complexity index is 2050. The van der Waals surface area contributed by atoms with Gasteiger partial charge in [-0.05, 0) is 88.7 Å². The van der Waals surface area contributed by atoms with Crippen LogP contribution in [0.25, 0.3) is 11.4 Å². The van der Waals surface area contributed by atoms with Crippen molar-refractivity contribution < 1.29 is 27.7 Å². The van der Waals surface area contributed by atoms with Gasteiger partial charge in [0.1, 0.15) is 59.8 Å².